The molecule has 0 unspecified atom stereocenters. The van der Waals surface area contributed by atoms with Crippen molar-refractivity contribution in [3.8, 4) is 62.5 Å². The van der Waals surface area contributed by atoms with Gasteiger partial charge in [0.25, 0.3) is 0 Å². The maximum atomic E-state index is 14.0. The third kappa shape index (κ3) is 10.5. The van der Waals surface area contributed by atoms with Crippen LogP contribution in [0, 0.1) is 41.2 Å². The molecule has 0 amide bonds. The van der Waals surface area contributed by atoms with Crippen molar-refractivity contribution in [2.24, 2.45) is 0 Å². The molecule has 0 aliphatic rings. The van der Waals surface area contributed by atoms with Crippen LogP contribution in [0.3, 0.4) is 0 Å². The summed E-state index contributed by atoms with van der Waals surface area (Å²) in [5, 5.41) is 25.8. The summed E-state index contributed by atoms with van der Waals surface area (Å²) in [6.45, 7) is 7.07. The monoisotopic (exact) mass is 818 g/mol. The van der Waals surface area contributed by atoms with Gasteiger partial charge in [0.15, 0.2) is 23.3 Å². The molecule has 8 rings (SSSR count). The molecule has 292 valence electrons. The lowest BCUT2D eigenvalue weighted by Gasteiger charge is -2.10. The number of rotatable bonds is 6. The van der Waals surface area contributed by atoms with Crippen LogP contribution in [-0.2, 0) is 0 Å². The average molecular weight is 819 g/mol. The number of hydrogen-bond acceptors (Lipinski definition) is 7. The lowest BCUT2D eigenvalue weighted by atomic mass is 9.79. The van der Waals surface area contributed by atoms with Crippen molar-refractivity contribution in [3.63, 3.8) is 0 Å². The van der Waals surface area contributed by atoms with Crippen LogP contribution >= 0.6 is 11.6 Å². The topological polar surface area (TPSA) is 120 Å². The van der Waals surface area contributed by atoms with Gasteiger partial charge in [-0.25, -0.2) is 42.3 Å². The first-order valence-corrected chi connectivity index (χ1v) is 18.2. The third-order valence-electron chi connectivity index (χ3n) is 8.56. The van der Waals surface area contributed by atoms with Crippen molar-refractivity contribution < 1.29 is 27.6 Å². The fourth-order valence-electron chi connectivity index (χ4n) is 5.65. The van der Waals surface area contributed by atoms with Gasteiger partial charge in [-0.1, -0.05) is 121 Å². The van der Waals surface area contributed by atoms with Gasteiger partial charge in [-0.05, 0) is 53.5 Å². The van der Waals surface area contributed by atoms with Gasteiger partial charge >= 0.3 is 7.12 Å². The molecule has 0 aliphatic heterocycles. The van der Waals surface area contributed by atoms with E-state index >= 15 is 0 Å². The van der Waals surface area contributed by atoms with Crippen LogP contribution < -0.4 is 5.46 Å². The highest BCUT2D eigenvalue weighted by atomic mass is 35.5. The molecule has 2 N–H and O–H groups in total. The van der Waals surface area contributed by atoms with E-state index in [1.165, 1.54) is 12.1 Å². The molecule has 0 fully saturated rings. The summed E-state index contributed by atoms with van der Waals surface area (Å²) in [5.41, 5.74) is 5.82. The zero-order valence-electron chi connectivity index (χ0n) is 31.1. The summed E-state index contributed by atoms with van der Waals surface area (Å²) < 4.78 is 53.1. The lowest BCUT2D eigenvalue weighted by Crippen LogP contribution is -2.30. The van der Waals surface area contributed by atoms with Gasteiger partial charge in [0.1, 0.15) is 11.9 Å². The number of aromatic nitrogens is 4. The molecule has 8 aromatic rings. The van der Waals surface area contributed by atoms with Gasteiger partial charge in [-0.3, -0.25) is 0 Å². The predicted molar refractivity (Wildman–Crippen MR) is 223 cm³/mol. The number of benzene rings is 6. The molecule has 60 heavy (non-hydrogen) atoms. The Balaban J connectivity index is 0.000000163. The van der Waals surface area contributed by atoms with Crippen molar-refractivity contribution in [1.82, 2.24) is 19.9 Å². The highest BCUT2D eigenvalue weighted by Gasteiger charge is 2.18. The van der Waals surface area contributed by atoms with E-state index in [4.69, 9.17) is 33.5 Å². The van der Waals surface area contributed by atoms with E-state index in [9.17, 15) is 17.6 Å². The van der Waals surface area contributed by atoms with Gasteiger partial charge in [-0.15, -0.1) is 0 Å². The Labute approximate surface area is 347 Å². The molecule has 14 heteroatoms. The minimum atomic E-state index is -1.91. The van der Waals surface area contributed by atoms with Gasteiger partial charge in [0.05, 0.1) is 34.9 Å². The maximum absolute atomic E-state index is 14.0. The van der Waals surface area contributed by atoms with Gasteiger partial charge in [-0.2, -0.15) is 5.26 Å². The average Bonchev–Trinajstić information content (AvgIpc) is 3.29. The van der Waals surface area contributed by atoms with Crippen LogP contribution in [0.25, 0.3) is 61.3 Å². The molecule has 0 bridgehead atoms. The summed E-state index contributed by atoms with van der Waals surface area (Å²) in [7, 11) is -1.91. The second kappa shape index (κ2) is 19.7. The summed E-state index contributed by atoms with van der Waals surface area (Å²) in [5.74, 6) is -4.60. The third-order valence-corrected chi connectivity index (χ3v) is 8.73. The first-order chi connectivity index (χ1) is 29.0. The summed E-state index contributed by atoms with van der Waals surface area (Å²) >= 11 is 6.03. The number of hydrogen-bond donors (Lipinski definition) is 2. The smallest absolute Gasteiger partial charge is 0.423 e. The molecule has 8 nitrogen and oxygen atoms in total. The van der Waals surface area contributed by atoms with Crippen LogP contribution in [-0.4, -0.2) is 37.1 Å². The largest absolute Gasteiger partial charge is 0.488 e. The SMILES string of the molecule is Clc1nc(-c2ccccc2)cc(-c2ccccc2)n1.N#Cc1cc(B(O)O)cc(F)c1F.[C-]#[N+]c1cc(-c2nc(-c3ccccc3)cc(-c3ccccc3)n2)cc(F)c1F. The van der Waals surface area contributed by atoms with E-state index in [0.717, 1.165) is 45.8 Å². The molecule has 0 aliphatic carbocycles. The van der Waals surface area contributed by atoms with Crippen molar-refractivity contribution >= 4 is 29.9 Å². The van der Waals surface area contributed by atoms with E-state index in [0.29, 0.717) is 17.5 Å². The van der Waals surface area contributed by atoms with Crippen LogP contribution in [0.2, 0.25) is 5.28 Å². The zero-order valence-corrected chi connectivity index (χ0v) is 31.8. The molecule has 0 atom stereocenters. The van der Waals surface area contributed by atoms with Crippen molar-refractivity contribution in [2.75, 3.05) is 0 Å². The minimum absolute atomic E-state index is 0.226. The quantitative estimate of drug-likeness (QED) is 0.0742. The minimum Gasteiger partial charge on any atom is -0.423 e. The van der Waals surface area contributed by atoms with Crippen LogP contribution in [0.1, 0.15) is 5.56 Å². The molecule has 0 saturated heterocycles. The van der Waals surface area contributed by atoms with Crippen molar-refractivity contribution in [1.29, 1.82) is 5.26 Å². The second-order valence-corrected chi connectivity index (χ2v) is 12.9. The Bertz CT molecular complexity index is 2720. The standard InChI is InChI=1S/C23H13F2N3.C16H11ClN2.C7H4BF2NO2/c1-26-21-13-17(12-18(24)22(21)25)23-27-19(15-8-4-2-5-9-15)14-20(28-23)16-10-6-3-7-11-16;17-16-18-14(12-7-3-1-4-8-12)11-15(19-16)13-9-5-2-6-10-13;9-6-2-5(8(12)13)1-4(3-11)7(6)10/h2-14H;1-11H;1-2,12-13H. The lowest BCUT2D eigenvalue weighted by molar-refractivity contribution is 0.425. The Kier molecular flexibility index (Phi) is 13.8. The van der Waals surface area contributed by atoms with E-state index in [-0.39, 0.29) is 22.1 Å². The maximum Gasteiger partial charge on any atom is 0.488 e. The van der Waals surface area contributed by atoms with Gasteiger partial charge in [0.2, 0.25) is 11.0 Å². The molecular weight excluding hydrogens is 791 g/mol. The summed E-state index contributed by atoms with van der Waals surface area (Å²) in [6, 6.07) is 47.9. The number of nitriles is 1. The molecule has 2 heterocycles. The van der Waals surface area contributed by atoms with Gasteiger partial charge < -0.3 is 10.0 Å². The molecule has 0 saturated carbocycles. The number of nitrogens with zero attached hydrogens (tertiary/aromatic N) is 6. The Morgan fingerprint density at radius 3 is 1.32 bits per heavy atom. The second-order valence-electron chi connectivity index (χ2n) is 12.6. The Hall–Kier alpha value is -7.55. The van der Waals surface area contributed by atoms with E-state index < -0.39 is 41.6 Å². The predicted octanol–water partition coefficient (Wildman–Crippen LogP) is 10.3. The fraction of sp³-hybridized carbons (Fsp3) is 0. The molecule has 0 radical (unpaired) electrons. The van der Waals surface area contributed by atoms with E-state index in [2.05, 4.69) is 24.8 Å². The van der Waals surface area contributed by atoms with Gasteiger partial charge in [0, 0.05) is 27.8 Å². The highest BCUT2D eigenvalue weighted by molar-refractivity contribution is 6.58. The normalized spacial score (nSPS) is 10.2. The van der Waals surface area contributed by atoms with E-state index in [1.807, 2.05) is 133 Å². The fourth-order valence-corrected chi connectivity index (χ4v) is 5.83. The molecule has 2 aromatic heterocycles. The van der Waals surface area contributed by atoms with Crippen molar-refractivity contribution in [3.05, 3.63) is 203 Å². The van der Waals surface area contributed by atoms with Crippen LogP contribution in [0.5, 0.6) is 0 Å². The molecule has 6 aromatic carbocycles. The summed E-state index contributed by atoms with van der Waals surface area (Å²) in [6.07, 6.45) is 0. The number of halogens is 5. The van der Waals surface area contributed by atoms with Crippen LogP contribution in [0.15, 0.2) is 158 Å². The molecule has 0 spiro atoms. The first kappa shape index (κ1) is 42.1. The first-order valence-electron chi connectivity index (χ1n) is 17.8. The zero-order chi connectivity index (χ0) is 42.6. The van der Waals surface area contributed by atoms with Crippen LogP contribution in [0.4, 0.5) is 23.2 Å². The van der Waals surface area contributed by atoms with E-state index in [1.54, 1.807) is 0 Å². The highest BCUT2D eigenvalue weighted by Crippen LogP contribution is 2.31. The molecular formula is C46H28BClF4N6O2. The Morgan fingerprint density at radius 2 is 0.933 bits per heavy atom. The summed E-state index contributed by atoms with van der Waals surface area (Å²) in [4.78, 5) is 20.7. The van der Waals surface area contributed by atoms with Crippen molar-refractivity contribution in [2.45, 2.75) is 0 Å². The Morgan fingerprint density at radius 1 is 0.533 bits per heavy atom.